The Morgan fingerprint density at radius 1 is 1.38 bits per heavy atom. The van der Waals surface area contributed by atoms with E-state index in [1.807, 2.05) is 30.3 Å². The van der Waals surface area contributed by atoms with Gasteiger partial charge < -0.3 is 15.2 Å². The maximum atomic E-state index is 11.4. The lowest BCUT2D eigenvalue weighted by Crippen LogP contribution is -2.38. The molecule has 0 aliphatic carbocycles. The number of aldehydes is 1. The molecule has 0 fully saturated rings. The molecule has 0 saturated heterocycles. The topological polar surface area (TPSA) is 66.4 Å². The molecule has 0 bridgehead atoms. The normalized spacial score (nSPS) is 11.8. The quantitative estimate of drug-likeness (QED) is 0.679. The summed E-state index contributed by atoms with van der Waals surface area (Å²) in [5, 5.41) is 11.1. The molecule has 0 aromatic heterocycles. The van der Waals surface area contributed by atoms with Gasteiger partial charge in [-0.25, -0.2) is 0 Å². The van der Waals surface area contributed by atoms with Gasteiger partial charge in [-0.2, -0.15) is 0 Å². The average molecular weight is 221 g/mol. The fourth-order valence-electron chi connectivity index (χ4n) is 1.30. The van der Waals surface area contributed by atoms with Crippen LogP contribution in [0.5, 0.6) is 0 Å². The van der Waals surface area contributed by atoms with Gasteiger partial charge in [0.05, 0.1) is 6.61 Å². The highest BCUT2D eigenvalue weighted by atomic mass is 16.3. The van der Waals surface area contributed by atoms with Gasteiger partial charge in [-0.15, -0.1) is 0 Å². The molecular formula is C12H15NO3. The second kappa shape index (κ2) is 6.74. The van der Waals surface area contributed by atoms with Crippen molar-refractivity contribution in [1.29, 1.82) is 0 Å². The van der Waals surface area contributed by atoms with E-state index >= 15 is 0 Å². The van der Waals surface area contributed by atoms with E-state index in [1.165, 1.54) is 0 Å². The van der Waals surface area contributed by atoms with Crippen LogP contribution in [0, 0.1) is 0 Å². The molecule has 16 heavy (non-hydrogen) atoms. The molecule has 1 aromatic carbocycles. The molecule has 1 amide bonds. The summed E-state index contributed by atoms with van der Waals surface area (Å²) < 4.78 is 0. The maximum Gasteiger partial charge on any atom is 0.220 e. The van der Waals surface area contributed by atoms with Gasteiger partial charge in [-0.05, 0) is 12.0 Å². The molecule has 4 heteroatoms. The number of aryl methyl sites for hydroxylation is 1. The lowest BCUT2D eigenvalue weighted by Gasteiger charge is -2.09. The molecular weight excluding hydrogens is 206 g/mol. The first-order valence-corrected chi connectivity index (χ1v) is 5.15. The number of rotatable bonds is 6. The molecule has 0 saturated carbocycles. The van der Waals surface area contributed by atoms with Crippen LogP contribution in [-0.2, 0) is 16.0 Å². The van der Waals surface area contributed by atoms with E-state index in [1.54, 1.807) is 0 Å². The summed E-state index contributed by atoms with van der Waals surface area (Å²) in [5.74, 6) is -0.227. The summed E-state index contributed by atoms with van der Waals surface area (Å²) in [6.45, 7) is -0.361. The van der Waals surface area contributed by atoms with Crippen LogP contribution in [0.4, 0.5) is 0 Å². The largest absolute Gasteiger partial charge is 0.394 e. The number of carbonyl (C=O) groups is 2. The third kappa shape index (κ3) is 4.23. The second-order valence-corrected chi connectivity index (χ2v) is 3.48. The number of nitrogens with one attached hydrogen (secondary N) is 1. The van der Waals surface area contributed by atoms with Crippen LogP contribution >= 0.6 is 0 Å². The standard InChI is InChI=1S/C12H15NO3/c14-8-11(9-15)13-12(16)7-6-10-4-2-1-3-5-10/h1-5,8,11,15H,6-7,9H2,(H,13,16)/t11-/m0/s1. The van der Waals surface area contributed by atoms with Gasteiger partial charge in [0.15, 0.2) is 0 Å². The Morgan fingerprint density at radius 3 is 2.62 bits per heavy atom. The highest BCUT2D eigenvalue weighted by Gasteiger charge is 2.09. The Hall–Kier alpha value is -1.68. The summed E-state index contributed by atoms with van der Waals surface area (Å²) in [5.41, 5.74) is 1.07. The summed E-state index contributed by atoms with van der Waals surface area (Å²) in [7, 11) is 0. The lowest BCUT2D eigenvalue weighted by atomic mass is 10.1. The van der Waals surface area contributed by atoms with Crippen LogP contribution in [0.15, 0.2) is 30.3 Å². The smallest absolute Gasteiger partial charge is 0.220 e. The molecule has 0 aliphatic rings. The van der Waals surface area contributed by atoms with Crippen molar-refractivity contribution in [3.63, 3.8) is 0 Å². The summed E-state index contributed by atoms with van der Waals surface area (Å²) in [4.78, 5) is 21.7. The van der Waals surface area contributed by atoms with Gasteiger partial charge in [0, 0.05) is 6.42 Å². The van der Waals surface area contributed by atoms with E-state index in [4.69, 9.17) is 5.11 Å². The molecule has 2 N–H and O–H groups in total. The number of aliphatic hydroxyl groups excluding tert-OH is 1. The predicted molar refractivity (Wildman–Crippen MR) is 59.8 cm³/mol. The fraction of sp³-hybridized carbons (Fsp3) is 0.333. The lowest BCUT2D eigenvalue weighted by molar-refractivity contribution is -0.124. The molecule has 0 heterocycles. The second-order valence-electron chi connectivity index (χ2n) is 3.48. The Kier molecular flexibility index (Phi) is 5.22. The minimum absolute atomic E-state index is 0.227. The fourth-order valence-corrected chi connectivity index (χ4v) is 1.30. The number of hydrogen-bond donors (Lipinski definition) is 2. The van der Waals surface area contributed by atoms with Crippen LogP contribution in [0.1, 0.15) is 12.0 Å². The van der Waals surface area contributed by atoms with E-state index in [9.17, 15) is 9.59 Å². The zero-order valence-corrected chi connectivity index (χ0v) is 8.93. The minimum atomic E-state index is -0.789. The SMILES string of the molecule is O=C[C@@H](CO)NC(=O)CCc1ccccc1. The summed E-state index contributed by atoms with van der Waals surface area (Å²) in [6, 6.07) is 8.83. The molecule has 0 radical (unpaired) electrons. The number of aliphatic hydroxyl groups is 1. The predicted octanol–water partition coefficient (Wildman–Crippen LogP) is 0.295. The number of carbonyl (C=O) groups excluding carboxylic acids is 2. The molecule has 1 rings (SSSR count). The number of benzene rings is 1. The van der Waals surface area contributed by atoms with Crippen LogP contribution < -0.4 is 5.32 Å². The van der Waals surface area contributed by atoms with E-state index in [0.29, 0.717) is 19.1 Å². The maximum absolute atomic E-state index is 11.4. The monoisotopic (exact) mass is 221 g/mol. The van der Waals surface area contributed by atoms with Crippen molar-refractivity contribution in [2.24, 2.45) is 0 Å². The Labute approximate surface area is 94.3 Å². The zero-order chi connectivity index (χ0) is 11.8. The third-order valence-electron chi connectivity index (χ3n) is 2.19. The van der Waals surface area contributed by atoms with E-state index in [0.717, 1.165) is 5.56 Å². The molecule has 0 aliphatic heterocycles. The van der Waals surface area contributed by atoms with Crippen molar-refractivity contribution in [2.75, 3.05) is 6.61 Å². The molecule has 0 unspecified atom stereocenters. The van der Waals surface area contributed by atoms with E-state index in [2.05, 4.69) is 5.32 Å². The third-order valence-corrected chi connectivity index (χ3v) is 2.19. The molecule has 4 nitrogen and oxygen atoms in total. The van der Waals surface area contributed by atoms with Gasteiger partial charge in [-0.3, -0.25) is 4.79 Å². The van der Waals surface area contributed by atoms with Crippen LogP contribution in [-0.4, -0.2) is 29.9 Å². The minimum Gasteiger partial charge on any atom is -0.394 e. The van der Waals surface area contributed by atoms with Crippen molar-refractivity contribution in [3.05, 3.63) is 35.9 Å². The average Bonchev–Trinajstić information content (AvgIpc) is 2.34. The molecule has 0 spiro atoms. The van der Waals surface area contributed by atoms with Crippen molar-refractivity contribution >= 4 is 12.2 Å². The van der Waals surface area contributed by atoms with Crippen LogP contribution in [0.2, 0.25) is 0 Å². The number of amides is 1. The first-order chi connectivity index (χ1) is 7.76. The van der Waals surface area contributed by atoms with Gasteiger partial charge in [0.1, 0.15) is 12.3 Å². The Balaban J connectivity index is 2.33. The molecule has 1 atom stereocenters. The Morgan fingerprint density at radius 2 is 2.06 bits per heavy atom. The summed E-state index contributed by atoms with van der Waals surface area (Å²) in [6.07, 6.45) is 1.47. The Bertz CT molecular complexity index is 337. The van der Waals surface area contributed by atoms with Crippen LogP contribution in [0.25, 0.3) is 0 Å². The van der Waals surface area contributed by atoms with Crippen molar-refractivity contribution in [1.82, 2.24) is 5.32 Å². The van der Waals surface area contributed by atoms with Crippen molar-refractivity contribution in [3.8, 4) is 0 Å². The summed E-state index contributed by atoms with van der Waals surface area (Å²) >= 11 is 0. The van der Waals surface area contributed by atoms with Gasteiger partial charge >= 0.3 is 0 Å². The first-order valence-electron chi connectivity index (χ1n) is 5.15. The number of hydrogen-bond acceptors (Lipinski definition) is 3. The zero-order valence-electron chi connectivity index (χ0n) is 8.93. The molecule has 1 aromatic rings. The van der Waals surface area contributed by atoms with Gasteiger partial charge in [-0.1, -0.05) is 30.3 Å². The van der Waals surface area contributed by atoms with Crippen molar-refractivity contribution < 1.29 is 14.7 Å². The highest BCUT2D eigenvalue weighted by molar-refractivity contribution is 5.79. The highest BCUT2D eigenvalue weighted by Crippen LogP contribution is 2.02. The van der Waals surface area contributed by atoms with E-state index < -0.39 is 6.04 Å². The van der Waals surface area contributed by atoms with E-state index in [-0.39, 0.29) is 12.5 Å². The molecule has 86 valence electrons. The van der Waals surface area contributed by atoms with Crippen LogP contribution in [0.3, 0.4) is 0 Å². The van der Waals surface area contributed by atoms with Gasteiger partial charge in [0.2, 0.25) is 5.91 Å². The van der Waals surface area contributed by atoms with Crippen molar-refractivity contribution in [2.45, 2.75) is 18.9 Å². The van der Waals surface area contributed by atoms with Gasteiger partial charge in [0.25, 0.3) is 0 Å². The first kappa shape index (κ1) is 12.4.